The molecule has 0 bridgehead atoms. The zero-order valence-electron chi connectivity index (χ0n) is 11.9. The topological polar surface area (TPSA) is 123 Å². The van der Waals surface area contributed by atoms with Crippen molar-refractivity contribution in [1.82, 2.24) is 9.24 Å². The van der Waals surface area contributed by atoms with E-state index in [0.29, 0.717) is 6.20 Å². The van der Waals surface area contributed by atoms with Crippen LogP contribution in [-0.2, 0) is 14.5 Å². The molecule has 3 atom stereocenters. The molecule has 124 valence electrons. The third kappa shape index (κ3) is 3.27. The molecule has 11 heteroatoms. The van der Waals surface area contributed by atoms with Crippen molar-refractivity contribution in [2.45, 2.75) is 24.9 Å². The van der Waals surface area contributed by atoms with Gasteiger partial charge in [-0.05, 0) is 0 Å². The number of nitrogens with zero attached hydrogens (tertiary/aromatic N) is 3. The Kier molecular flexibility index (Phi) is 4.52. The fourth-order valence-electron chi connectivity index (χ4n) is 2.06. The van der Waals surface area contributed by atoms with Crippen LogP contribution in [0.15, 0.2) is 20.3 Å². The first-order valence-corrected chi connectivity index (χ1v) is 8.62. The number of halogens is 1. The molecule has 0 aromatic carbocycles. The van der Waals surface area contributed by atoms with Gasteiger partial charge in [0, 0.05) is 18.9 Å². The highest BCUT2D eigenvalue weighted by molar-refractivity contribution is 7.92. The van der Waals surface area contributed by atoms with Crippen LogP contribution < -0.4 is 11.2 Å². The van der Waals surface area contributed by atoms with Gasteiger partial charge >= 0.3 is 11.2 Å². The summed E-state index contributed by atoms with van der Waals surface area (Å²) in [5, 5.41) is 18.7. The summed E-state index contributed by atoms with van der Waals surface area (Å²) in [4.78, 5) is 23.9. The molecule has 22 heavy (non-hydrogen) atoms. The molecule has 2 heterocycles. The monoisotopic (exact) mass is 337 g/mol. The summed E-state index contributed by atoms with van der Waals surface area (Å²) in [6.45, 7) is -0.476. The molecule has 1 fully saturated rings. The van der Waals surface area contributed by atoms with Crippen LogP contribution in [0.2, 0.25) is 0 Å². The van der Waals surface area contributed by atoms with Crippen molar-refractivity contribution in [1.29, 1.82) is 0 Å². The maximum Gasteiger partial charge on any atom is 0.354 e. The van der Waals surface area contributed by atoms with Crippen LogP contribution in [0.3, 0.4) is 0 Å². The van der Waals surface area contributed by atoms with E-state index in [-0.39, 0.29) is 11.1 Å². The molecule has 1 aliphatic heterocycles. The van der Waals surface area contributed by atoms with Gasteiger partial charge in [0.15, 0.2) is 0 Å². The molecule has 1 saturated heterocycles. The highest BCUT2D eigenvalue weighted by atomic mass is 32.2. The van der Waals surface area contributed by atoms with E-state index in [0.717, 1.165) is 4.57 Å². The van der Waals surface area contributed by atoms with Gasteiger partial charge in [-0.1, -0.05) is 0 Å². The number of hydrogen-bond acceptors (Lipinski definition) is 7. The Morgan fingerprint density at radius 3 is 2.64 bits per heavy atom. The maximum absolute atomic E-state index is 13.7. The lowest BCUT2D eigenvalue weighted by molar-refractivity contribution is -0.0465. The SMILES string of the molecule is CS(C)(=O)=Nn1c(=O)c(F)cn([C@H]2C[C@H](O)[C@@H](CO)O2)c1=O. The minimum absolute atomic E-state index is 0.0730. The molecule has 0 saturated carbocycles. The van der Waals surface area contributed by atoms with Crippen molar-refractivity contribution < 1.29 is 23.5 Å². The van der Waals surface area contributed by atoms with Crippen LogP contribution in [0.1, 0.15) is 12.6 Å². The van der Waals surface area contributed by atoms with E-state index in [1.807, 2.05) is 0 Å². The molecule has 1 aromatic rings. The van der Waals surface area contributed by atoms with Gasteiger partial charge in [-0.15, -0.1) is 9.15 Å². The second-order valence-electron chi connectivity index (χ2n) is 5.16. The van der Waals surface area contributed by atoms with Crippen LogP contribution in [-0.4, -0.2) is 55.0 Å². The fraction of sp³-hybridized carbons (Fsp3) is 0.636. The number of rotatable bonds is 3. The van der Waals surface area contributed by atoms with Gasteiger partial charge < -0.3 is 14.9 Å². The number of aromatic nitrogens is 2. The number of aliphatic hydroxyl groups is 2. The smallest absolute Gasteiger partial charge is 0.354 e. The van der Waals surface area contributed by atoms with Gasteiger partial charge in [0.05, 0.1) is 28.6 Å². The van der Waals surface area contributed by atoms with Crippen molar-refractivity contribution in [3.05, 3.63) is 32.9 Å². The highest BCUT2D eigenvalue weighted by Crippen LogP contribution is 2.27. The summed E-state index contributed by atoms with van der Waals surface area (Å²) in [6.07, 6.45) is -0.0851. The quantitative estimate of drug-likeness (QED) is 0.676. The Labute approximate surface area is 124 Å². The number of hydrogen-bond donors (Lipinski definition) is 2. The Hall–Kier alpha value is -1.56. The lowest BCUT2D eigenvalue weighted by Gasteiger charge is -2.15. The molecular weight excluding hydrogens is 321 g/mol. The predicted molar refractivity (Wildman–Crippen MR) is 74.4 cm³/mol. The van der Waals surface area contributed by atoms with E-state index in [9.17, 15) is 23.3 Å². The van der Waals surface area contributed by atoms with Crippen LogP contribution in [0.25, 0.3) is 0 Å². The Bertz CT molecular complexity index is 801. The molecule has 2 rings (SSSR count). The molecule has 0 spiro atoms. The van der Waals surface area contributed by atoms with Gasteiger partial charge in [-0.25, -0.2) is 9.00 Å². The van der Waals surface area contributed by atoms with Crippen molar-refractivity contribution in [3.63, 3.8) is 0 Å². The second kappa shape index (κ2) is 5.91. The number of aliphatic hydroxyl groups excluding tert-OH is 2. The van der Waals surface area contributed by atoms with Gasteiger partial charge in [-0.2, -0.15) is 4.39 Å². The van der Waals surface area contributed by atoms with Crippen LogP contribution in [0, 0.1) is 5.82 Å². The Morgan fingerprint density at radius 1 is 1.50 bits per heavy atom. The van der Waals surface area contributed by atoms with Gasteiger partial charge in [0.2, 0.25) is 5.82 Å². The molecule has 0 unspecified atom stereocenters. The van der Waals surface area contributed by atoms with Crippen molar-refractivity contribution in [3.8, 4) is 0 Å². The summed E-state index contributed by atoms with van der Waals surface area (Å²) in [5.41, 5.74) is -2.37. The fourth-order valence-corrected chi connectivity index (χ4v) is 2.59. The summed E-state index contributed by atoms with van der Waals surface area (Å²) in [6, 6.07) is 0. The first kappa shape index (κ1) is 16.8. The number of ether oxygens (including phenoxy) is 1. The molecule has 0 amide bonds. The molecule has 0 radical (unpaired) electrons. The second-order valence-corrected chi connectivity index (χ2v) is 7.69. The van der Waals surface area contributed by atoms with E-state index in [1.165, 1.54) is 12.5 Å². The first-order chi connectivity index (χ1) is 10.1. The van der Waals surface area contributed by atoms with Crippen LogP contribution >= 0.6 is 0 Å². The minimum atomic E-state index is -2.88. The summed E-state index contributed by atoms with van der Waals surface area (Å²) in [7, 11) is -2.88. The zero-order valence-corrected chi connectivity index (χ0v) is 12.7. The van der Waals surface area contributed by atoms with E-state index in [4.69, 9.17) is 9.84 Å². The third-order valence-corrected chi connectivity index (χ3v) is 3.58. The van der Waals surface area contributed by atoms with E-state index in [1.54, 1.807) is 0 Å². The normalized spacial score (nSPS) is 25.4. The molecule has 2 N–H and O–H groups in total. The zero-order chi connectivity index (χ0) is 16.7. The molecule has 9 nitrogen and oxygen atoms in total. The van der Waals surface area contributed by atoms with Crippen molar-refractivity contribution in [2.75, 3.05) is 19.1 Å². The van der Waals surface area contributed by atoms with Crippen molar-refractivity contribution >= 4 is 9.73 Å². The predicted octanol–water partition coefficient (Wildman–Crippen LogP) is -1.72. The summed E-state index contributed by atoms with van der Waals surface area (Å²) >= 11 is 0. The largest absolute Gasteiger partial charge is 0.394 e. The molecule has 1 aromatic heterocycles. The third-order valence-electron chi connectivity index (χ3n) is 3.02. The van der Waals surface area contributed by atoms with E-state index >= 15 is 0 Å². The standard InChI is InChI=1S/C11H16FN3O6S/c1-22(2,20)13-15-10(18)6(12)4-14(11(15)19)9-3-7(17)8(5-16)21-9/h4,7-9,16-17H,3,5H2,1-2H3/t7-,8+,9+/m0/s1. The van der Waals surface area contributed by atoms with E-state index < -0.39 is 51.8 Å². The first-order valence-electron chi connectivity index (χ1n) is 6.29. The Balaban J connectivity index is 2.59. The average molecular weight is 337 g/mol. The molecule has 1 aliphatic rings. The lowest BCUT2D eigenvalue weighted by atomic mass is 10.2. The Morgan fingerprint density at radius 2 is 2.14 bits per heavy atom. The minimum Gasteiger partial charge on any atom is -0.394 e. The summed E-state index contributed by atoms with van der Waals surface area (Å²) in [5.74, 6) is -1.28. The molecular formula is C11H16FN3O6S. The van der Waals surface area contributed by atoms with Crippen molar-refractivity contribution in [2.24, 2.45) is 4.47 Å². The van der Waals surface area contributed by atoms with E-state index in [2.05, 4.69) is 4.47 Å². The van der Waals surface area contributed by atoms with Crippen LogP contribution in [0.4, 0.5) is 4.39 Å². The van der Waals surface area contributed by atoms with Gasteiger partial charge in [0.1, 0.15) is 12.3 Å². The van der Waals surface area contributed by atoms with Crippen LogP contribution in [0.5, 0.6) is 0 Å². The van der Waals surface area contributed by atoms with Gasteiger partial charge in [-0.3, -0.25) is 9.36 Å². The molecule has 0 aliphatic carbocycles. The highest BCUT2D eigenvalue weighted by Gasteiger charge is 2.35. The lowest BCUT2D eigenvalue weighted by Crippen LogP contribution is -2.41. The summed E-state index contributed by atoms with van der Waals surface area (Å²) < 4.78 is 35.0. The van der Waals surface area contributed by atoms with Gasteiger partial charge in [0.25, 0.3) is 0 Å². The average Bonchev–Trinajstić information content (AvgIpc) is 2.79. The maximum atomic E-state index is 13.7.